The molecule has 0 aromatic carbocycles. The Hall–Kier alpha value is -1.10. The van der Waals surface area contributed by atoms with Crippen molar-refractivity contribution >= 4 is 11.9 Å². The van der Waals surface area contributed by atoms with Crippen LogP contribution >= 0.6 is 0 Å². The maximum Gasteiger partial charge on any atom is 0.329 e. The molecule has 0 aromatic heterocycles. The lowest BCUT2D eigenvalue weighted by atomic mass is 9.71. The molecule has 2 aliphatic carbocycles. The standard InChI is InChI=1S/C14H24N2O3/c15-10-13(5-2-1-3-6-13)9-11(17)16-14(12(18)19)7-4-8-14/h1-10,15H2,(H,16,17)(H,18,19). The molecule has 0 unspecified atom stereocenters. The van der Waals surface area contributed by atoms with Crippen molar-refractivity contribution < 1.29 is 14.7 Å². The number of carboxylic acids is 1. The van der Waals surface area contributed by atoms with Gasteiger partial charge in [0, 0.05) is 6.42 Å². The van der Waals surface area contributed by atoms with Crippen LogP contribution in [0.5, 0.6) is 0 Å². The molecule has 4 N–H and O–H groups in total. The molecule has 5 nitrogen and oxygen atoms in total. The molecule has 0 saturated heterocycles. The Labute approximate surface area is 113 Å². The minimum atomic E-state index is -0.998. The molecule has 0 atom stereocenters. The minimum Gasteiger partial charge on any atom is -0.480 e. The number of hydrogen-bond acceptors (Lipinski definition) is 3. The molecule has 0 radical (unpaired) electrons. The Kier molecular flexibility index (Phi) is 4.13. The summed E-state index contributed by atoms with van der Waals surface area (Å²) in [4.78, 5) is 23.4. The van der Waals surface area contributed by atoms with Gasteiger partial charge in [-0.3, -0.25) is 4.79 Å². The zero-order chi connectivity index (χ0) is 13.9. The molecule has 108 valence electrons. The van der Waals surface area contributed by atoms with Gasteiger partial charge in [0.15, 0.2) is 0 Å². The van der Waals surface area contributed by atoms with Gasteiger partial charge >= 0.3 is 5.97 Å². The predicted octanol–water partition coefficient (Wildman–Crippen LogP) is 1.41. The second kappa shape index (κ2) is 5.49. The van der Waals surface area contributed by atoms with E-state index < -0.39 is 11.5 Å². The number of nitrogens with two attached hydrogens (primary N) is 1. The molecule has 0 aliphatic heterocycles. The zero-order valence-electron chi connectivity index (χ0n) is 11.4. The van der Waals surface area contributed by atoms with Crippen LogP contribution in [-0.4, -0.2) is 29.1 Å². The first-order valence-corrected chi connectivity index (χ1v) is 7.26. The molecule has 19 heavy (non-hydrogen) atoms. The van der Waals surface area contributed by atoms with Crippen LogP contribution in [0.25, 0.3) is 0 Å². The summed E-state index contributed by atoms with van der Waals surface area (Å²) in [6.45, 7) is 0.514. The lowest BCUT2D eigenvalue weighted by Gasteiger charge is -2.40. The number of carboxylic acid groups (broad SMARTS) is 1. The van der Waals surface area contributed by atoms with Crippen molar-refractivity contribution in [1.82, 2.24) is 5.32 Å². The summed E-state index contributed by atoms with van der Waals surface area (Å²) < 4.78 is 0. The second-order valence-electron chi connectivity index (χ2n) is 6.23. The molecule has 2 rings (SSSR count). The maximum absolute atomic E-state index is 12.2. The number of carbonyl (C=O) groups is 2. The Bertz CT molecular complexity index is 358. The molecule has 5 heteroatoms. The van der Waals surface area contributed by atoms with Crippen LogP contribution in [0, 0.1) is 5.41 Å². The highest BCUT2D eigenvalue weighted by atomic mass is 16.4. The highest BCUT2D eigenvalue weighted by molar-refractivity contribution is 5.88. The molecular formula is C14H24N2O3. The zero-order valence-corrected chi connectivity index (χ0v) is 11.4. The third kappa shape index (κ3) is 2.91. The fourth-order valence-corrected chi connectivity index (χ4v) is 3.33. The van der Waals surface area contributed by atoms with E-state index in [0.29, 0.717) is 25.8 Å². The molecule has 2 saturated carbocycles. The van der Waals surface area contributed by atoms with Gasteiger partial charge in [-0.1, -0.05) is 19.3 Å². The van der Waals surface area contributed by atoms with Gasteiger partial charge in [-0.2, -0.15) is 0 Å². The fourth-order valence-electron chi connectivity index (χ4n) is 3.33. The van der Waals surface area contributed by atoms with Crippen molar-refractivity contribution in [3.63, 3.8) is 0 Å². The third-order valence-electron chi connectivity index (χ3n) is 4.88. The molecule has 2 aliphatic rings. The minimum absolute atomic E-state index is 0.105. The van der Waals surface area contributed by atoms with Crippen LogP contribution in [0.15, 0.2) is 0 Å². The summed E-state index contributed by atoms with van der Waals surface area (Å²) in [7, 11) is 0. The fraction of sp³-hybridized carbons (Fsp3) is 0.857. The van der Waals surface area contributed by atoms with E-state index in [0.717, 1.165) is 32.1 Å². The number of carbonyl (C=O) groups excluding carboxylic acids is 1. The normalized spacial score (nSPS) is 24.3. The number of aliphatic carboxylic acids is 1. The predicted molar refractivity (Wildman–Crippen MR) is 71.5 cm³/mol. The first-order valence-electron chi connectivity index (χ1n) is 7.26. The van der Waals surface area contributed by atoms with Gasteiger partial charge in [-0.25, -0.2) is 4.79 Å². The van der Waals surface area contributed by atoms with Crippen LogP contribution in [0.3, 0.4) is 0 Å². The molecule has 2 fully saturated rings. The van der Waals surface area contributed by atoms with E-state index in [1.807, 2.05) is 0 Å². The summed E-state index contributed by atoms with van der Waals surface area (Å²) >= 11 is 0. The SMILES string of the molecule is NCC1(CC(=O)NC2(C(=O)O)CCC2)CCCCC1. The van der Waals surface area contributed by atoms with Gasteiger partial charge in [-0.15, -0.1) is 0 Å². The van der Waals surface area contributed by atoms with Gasteiger partial charge in [-0.05, 0) is 44.1 Å². The number of hydrogen-bond donors (Lipinski definition) is 3. The average Bonchev–Trinajstić information content (AvgIpc) is 2.34. The smallest absolute Gasteiger partial charge is 0.329 e. The Morgan fingerprint density at radius 1 is 1.05 bits per heavy atom. The Morgan fingerprint density at radius 3 is 2.11 bits per heavy atom. The third-order valence-corrected chi connectivity index (χ3v) is 4.88. The van der Waals surface area contributed by atoms with Gasteiger partial charge < -0.3 is 16.2 Å². The first kappa shape index (κ1) is 14.3. The topological polar surface area (TPSA) is 92.4 Å². The lowest BCUT2D eigenvalue weighted by Crippen LogP contribution is -2.59. The van der Waals surface area contributed by atoms with Crippen LogP contribution in [0.4, 0.5) is 0 Å². The second-order valence-corrected chi connectivity index (χ2v) is 6.23. The summed E-state index contributed by atoms with van der Waals surface area (Å²) in [5.74, 6) is -1.05. The number of amides is 1. The molecule has 0 heterocycles. The molecule has 0 spiro atoms. The van der Waals surface area contributed by atoms with Gasteiger partial charge in [0.05, 0.1) is 0 Å². The summed E-state index contributed by atoms with van der Waals surface area (Å²) in [6.07, 6.45) is 7.75. The Balaban J connectivity index is 1.94. The van der Waals surface area contributed by atoms with Crippen LogP contribution in [0.2, 0.25) is 0 Å². The van der Waals surface area contributed by atoms with Crippen LogP contribution in [-0.2, 0) is 9.59 Å². The number of nitrogens with one attached hydrogen (secondary N) is 1. The van der Waals surface area contributed by atoms with E-state index in [1.54, 1.807) is 0 Å². The summed E-state index contributed by atoms with van der Waals surface area (Å²) in [5.41, 5.74) is 4.76. The highest BCUT2D eigenvalue weighted by Crippen LogP contribution is 2.39. The van der Waals surface area contributed by atoms with Gasteiger partial charge in [0.1, 0.15) is 5.54 Å². The van der Waals surface area contributed by atoms with E-state index in [-0.39, 0.29) is 11.3 Å². The van der Waals surface area contributed by atoms with E-state index in [4.69, 9.17) is 5.73 Å². The molecular weight excluding hydrogens is 244 g/mol. The van der Waals surface area contributed by atoms with E-state index >= 15 is 0 Å². The first-order chi connectivity index (χ1) is 9.02. The number of rotatable bonds is 5. The summed E-state index contributed by atoms with van der Waals surface area (Å²) in [5, 5.41) is 12.0. The molecule has 1 amide bonds. The van der Waals surface area contributed by atoms with Crippen molar-refractivity contribution in [3.8, 4) is 0 Å². The highest BCUT2D eigenvalue weighted by Gasteiger charge is 2.46. The lowest BCUT2D eigenvalue weighted by molar-refractivity contribution is -0.152. The monoisotopic (exact) mass is 268 g/mol. The largest absolute Gasteiger partial charge is 0.480 e. The van der Waals surface area contributed by atoms with Crippen molar-refractivity contribution in [3.05, 3.63) is 0 Å². The van der Waals surface area contributed by atoms with Crippen LogP contribution < -0.4 is 11.1 Å². The quantitative estimate of drug-likeness (QED) is 0.703. The van der Waals surface area contributed by atoms with Crippen LogP contribution in [0.1, 0.15) is 57.8 Å². The molecule has 0 aromatic rings. The van der Waals surface area contributed by atoms with Crippen molar-refractivity contribution in [2.45, 2.75) is 63.3 Å². The van der Waals surface area contributed by atoms with Crippen molar-refractivity contribution in [1.29, 1.82) is 0 Å². The average molecular weight is 268 g/mol. The summed E-state index contributed by atoms with van der Waals surface area (Å²) in [6, 6.07) is 0. The van der Waals surface area contributed by atoms with Gasteiger partial charge in [0.2, 0.25) is 5.91 Å². The van der Waals surface area contributed by atoms with E-state index in [1.165, 1.54) is 6.42 Å². The maximum atomic E-state index is 12.2. The van der Waals surface area contributed by atoms with E-state index in [2.05, 4.69) is 5.32 Å². The van der Waals surface area contributed by atoms with Crippen molar-refractivity contribution in [2.24, 2.45) is 11.1 Å². The van der Waals surface area contributed by atoms with E-state index in [9.17, 15) is 14.7 Å². The van der Waals surface area contributed by atoms with Gasteiger partial charge in [0.25, 0.3) is 0 Å². The van der Waals surface area contributed by atoms with Crippen molar-refractivity contribution in [2.75, 3.05) is 6.54 Å². The molecule has 0 bridgehead atoms. The Morgan fingerprint density at radius 2 is 1.68 bits per heavy atom.